The van der Waals surface area contributed by atoms with Crippen molar-refractivity contribution < 1.29 is 43.2 Å². The number of benzene rings is 4. The Balaban J connectivity index is 0.000000179. The van der Waals surface area contributed by atoms with E-state index in [9.17, 15) is 19.2 Å². The maximum atomic E-state index is 13.0. The number of nitrogens with two attached hydrogens (primary N) is 1. The Morgan fingerprint density at radius 2 is 0.938 bits per heavy atom. The van der Waals surface area contributed by atoms with E-state index in [4.69, 9.17) is 29.8 Å². The van der Waals surface area contributed by atoms with Crippen LogP contribution in [0.4, 0.5) is 55.6 Å². The Labute approximate surface area is 473 Å². The molecule has 4 aliphatic heterocycles. The molecule has 428 valence electrons. The number of aromatic nitrogens is 4. The van der Waals surface area contributed by atoms with Crippen molar-refractivity contribution in [2.24, 2.45) is 0 Å². The van der Waals surface area contributed by atoms with Crippen molar-refractivity contribution in [3.05, 3.63) is 122 Å². The van der Waals surface area contributed by atoms with E-state index in [-0.39, 0.29) is 5.91 Å². The first-order valence-electron chi connectivity index (χ1n) is 27.4. The molecule has 6 N–H and O–H groups in total. The number of ether oxygens (including phenoxy) is 4. The zero-order chi connectivity index (χ0) is 57.5. The van der Waals surface area contributed by atoms with Crippen molar-refractivity contribution in [1.82, 2.24) is 29.7 Å². The highest BCUT2D eigenvalue weighted by atomic mass is 16.6. The van der Waals surface area contributed by atoms with Gasteiger partial charge in [0.1, 0.15) is 23.3 Å². The predicted octanol–water partition coefficient (Wildman–Crippen LogP) is 9.84. The lowest BCUT2D eigenvalue weighted by atomic mass is 10.1. The highest BCUT2D eigenvalue weighted by Crippen LogP contribution is 2.28. The normalized spacial score (nSPS) is 17.2. The molecule has 3 amide bonds. The Hall–Kier alpha value is -8.56. The molecule has 0 bridgehead atoms. The Bertz CT molecular complexity index is 3030. The van der Waals surface area contributed by atoms with E-state index in [1.54, 1.807) is 33.2 Å². The Morgan fingerprint density at radius 3 is 1.36 bits per heavy atom. The number of carboxylic acids is 1. The Kier molecular flexibility index (Phi) is 19.6. The van der Waals surface area contributed by atoms with E-state index in [1.807, 2.05) is 106 Å². The monoisotopic (exact) mass is 1110 g/mol. The second-order valence-electron chi connectivity index (χ2n) is 21.8. The number of amides is 3. The molecule has 81 heavy (non-hydrogen) atoms. The average Bonchev–Trinajstić information content (AvgIpc) is 4.20. The first kappa shape index (κ1) is 58.6. The fourth-order valence-corrected chi connectivity index (χ4v) is 9.32. The van der Waals surface area contributed by atoms with Gasteiger partial charge in [-0.25, -0.2) is 34.3 Å². The summed E-state index contributed by atoms with van der Waals surface area (Å²) >= 11 is 0. The van der Waals surface area contributed by atoms with Gasteiger partial charge in [-0.15, -0.1) is 0 Å². The summed E-state index contributed by atoms with van der Waals surface area (Å²) in [6.45, 7) is 18.4. The van der Waals surface area contributed by atoms with Gasteiger partial charge in [0.25, 0.3) is 0 Å². The summed E-state index contributed by atoms with van der Waals surface area (Å²) in [4.78, 5) is 73.4. The van der Waals surface area contributed by atoms with Crippen LogP contribution in [0.2, 0.25) is 0 Å². The van der Waals surface area contributed by atoms with Crippen LogP contribution in [0, 0.1) is 0 Å². The molecule has 0 unspecified atom stereocenters. The van der Waals surface area contributed by atoms with Crippen molar-refractivity contribution in [3.8, 4) is 22.5 Å². The largest absolute Gasteiger partial charge is 0.480 e. The minimum absolute atomic E-state index is 0.218. The zero-order valence-electron chi connectivity index (χ0n) is 47.0. The molecule has 0 aliphatic carbocycles. The van der Waals surface area contributed by atoms with Crippen LogP contribution in [0.5, 0.6) is 0 Å². The summed E-state index contributed by atoms with van der Waals surface area (Å²) in [5, 5.41) is 18.4. The maximum absolute atomic E-state index is 13.0. The third-order valence-electron chi connectivity index (χ3n) is 13.3. The van der Waals surface area contributed by atoms with E-state index in [1.165, 1.54) is 21.2 Å². The van der Waals surface area contributed by atoms with E-state index in [2.05, 4.69) is 70.0 Å². The van der Waals surface area contributed by atoms with Gasteiger partial charge in [0, 0.05) is 96.9 Å². The van der Waals surface area contributed by atoms with Gasteiger partial charge in [-0.1, -0.05) is 24.3 Å². The molecule has 10 rings (SSSR count). The van der Waals surface area contributed by atoms with Crippen LogP contribution in [0.3, 0.4) is 0 Å². The Morgan fingerprint density at radius 1 is 0.543 bits per heavy atom. The molecule has 0 spiro atoms. The number of morpholine rings is 2. The number of hydrogen-bond acceptors (Lipinski definition) is 17. The van der Waals surface area contributed by atoms with E-state index in [0.29, 0.717) is 43.5 Å². The van der Waals surface area contributed by atoms with Gasteiger partial charge in [0.05, 0.1) is 37.8 Å². The fraction of sp³-hybridized carbons (Fsp3) is 0.400. The molecule has 21 heteroatoms. The highest BCUT2D eigenvalue weighted by Gasteiger charge is 2.38. The van der Waals surface area contributed by atoms with Crippen LogP contribution in [0.1, 0.15) is 67.2 Å². The maximum Gasteiger partial charge on any atom is 0.411 e. The van der Waals surface area contributed by atoms with Crippen molar-refractivity contribution in [2.45, 2.75) is 90.5 Å². The minimum atomic E-state index is -0.960. The van der Waals surface area contributed by atoms with Gasteiger partial charge < -0.3 is 55.5 Å². The molecule has 4 fully saturated rings. The van der Waals surface area contributed by atoms with E-state index >= 15 is 0 Å². The topological polar surface area (TPSA) is 252 Å². The summed E-state index contributed by atoms with van der Waals surface area (Å²) in [5.74, 6) is -0.112. The number of nitrogen functional groups attached to an aromatic ring is 1. The molecule has 4 saturated heterocycles. The van der Waals surface area contributed by atoms with Gasteiger partial charge in [-0.05, 0) is 152 Å². The van der Waals surface area contributed by atoms with Crippen LogP contribution in [-0.4, -0.2) is 148 Å². The quantitative estimate of drug-likeness (QED) is 0.0757. The third kappa shape index (κ3) is 17.2. The van der Waals surface area contributed by atoms with Crippen molar-refractivity contribution in [3.63, 3.8) is 0 Å². The molecular formula is C60H74N12O9. The van der Waals surface area contributed by atoms with Gasteiger partial charge in [-0.3, -0.25) is 14.6 Å². The standard InChI is InChI=1S/C30H36N6O4.C20H21N5O.C10H17NO4/c1-30(2,3)40-29(38)36-16-4-5-26(36)27(37)32-22-8-6-21(7-9-22)25-14-15-31-28(34-25)33-23-10-12-24(13-11-23)35-17-19-39-20-18-35;21-16-3-1-15(2-4-16)19-9-10-22-20(24-19)23-17-5-7-18(8-6-17)25-11-13-26-14-12-25;1-10(2,3)15-9(14)11-6-4-5-7(11)8(12)13/h6-15,26H,4-5,16-20H2,1-3H3,(H,32,37)(H,31,33,34);1-10H,11-14,21H2,(H,22,23,24);7H,4-6H2,1-3H3,(H,12,13)/t26-;;7-/m1.1/s1. The van der Waals surface area contributed by atoms with Crippen LogP contribution in [0.15, 0.2) is 122 Å². The van der Waals surface area contributed by atoms with E-state index in [0.717, 1.165) is 105 Å². The summed E-state index contributed by atoms with van der Waals surface area (Å²) in [5.41, 5.74) is 13.7. The molecule has 4 aromatic carbocycles. The lowest BCUT2D eigenvalue weighted by molar-refractivity contribution is -0.142. The number of hydrogen-bond donors (Lipinski definition) is 5. The molecule has 6 heterocycles. The first-order valence-corrected chi connectivity index (χ1v) is 27.4. The number of rotatable bonds is 11. The van der Waals surface area contributed by atoms with Crippen molar-refractivity contribution in [1.29, 1.82) is 0 Å². The number of nitrogens with one attached hydrogen (secondary N) is 3. The number of anilines is 8. The molecule has 4 aliphatic rings. The molecule has 2 aromatic heterocycles. The lowest BCUT2D eigenvalue weighted by Gasteiger charge is -2.28. The molecule has 0 saturated carbocycles. The van der Waals surface area contributed by atoms with E-state index < -0.39 is 41.4 Å². The van der Waals surface area contributed by atoms with Crippen LogP contribution in [0.25, 0.3) is 22.5 Å². The summed E-state index contributed by atoms with van der Waals surface area (Å²) in [6.07, 6.45) is 5.07. The number of carbonyl (C=O) groups is 4. The number of aliphatic carboxylic acids is 1. The zero-order valence-corrected chi connectivity index (χ0v) is 47.0. The number of likely N-dealkylation sites (tertiary alicyclic amines) is 2. The minimum Gasteiger partial charge on any atom is -0.480 e. The predicted molar refractivity (Wildman–Crippen MR) is 313 cm³/mol. The van der Waals surface area contributed by atoms with Gasteiger partial charge in [0.15, 0.2) is 0 Å². The smallest absolute Gasteiger partial charge is 0.411 e. The van der Waals surface area contributed by atoms with Gasteiger partial charge in [-0.2, -0.15) is 0 Å². The van der Waals surface area contributed by atoms with Gasteiger partial charge in [0.2, 0.25) is 17.8 Å². The number of nitrogens with zero attached hydrogens (tertiary/aromatic N) is 8. The lowest BCUT2D eigenvalue weighted by Crippen LogP contribution is -2.45. The summed E-state index contributed by atoms with van der Waals surface area (Å²) in [6, 6.07) is 34.1. The van der Waals surface area contributed by atoms with Crippen LogP contribution < -0.4 is 31.5 Å². The molecule has 6 aromatic rings. The highest BCUT2D eigenvalue weighted by molar-refractivity contribution is 5.97. The molecule has 2 atom stereocenters. The SMILES string of the molecule is CC(C)(C)OC(=O)N1CCC[C@@H]1C(=O)Nc1ccc(-c2ccnc(Nc3ccc(N4CCOCC4)cc3)n2)cc1.CC(C)(C)OC(=O)N1CCC[C@@H]1C(=O)O.Nc1ccc(-c2ccnc(Nc3ccc(N4CCOCC4)cc3)n2)cc1. The average molecular weight is 1110 g/mol. The number of carbonyl (C=O) groups excluding carboxylic acids is 3. The van der Waals surface area contributed by atoms with Crippen molar-refractivity contribution >= 4 is 70.1 Å². The first-order chi connectivity index (χ1) is 38.8. The summed E-state index contributed by atoms with van der Waals surface area (Å²) < 4.78 is 21.4. The third-order valence-corrected chi connectivity index (χ3v) is 13.3. The van der Waals surface area contributed by atoms with Crippen LogP contribution in [-0.2, 0) is 28.5 Å². The van der Waals surface area contributed by atoms with Crippen molar-refractivity contribution in [2.75, 3.05) is 97.2 Å². The fourth-order valence-electron chi connectivity index (χ4n) is 9.32. The molecular weight excluding hydrogens is 1030 g/mol. The van der Waals surface area contributed by atoms with Crippen LogP contribution >= 0.6 is 0 Å². The van der Waals surface area contributed by atoms with Gasteiger partial charge >= 0.3 is 18.2 Å². The second-order valence-corrected chi connectivity index (χ2v) is 21.8. The number of carboxylic acid groups (broad SMARTS) is 1. The molecule has 0 radical (unpaired) electrons. The summed E-state index contributed by atoms with van der Waals surface area (Å²) in [7, 11) is 0. The molecule has 21 nitrogen and oxygen atoms in total. The second kappa shape index (κ2) is 27.1.